The molecule has 0 bridgehead atoms. The Morgan fingerprint density at radius 2 is 1.97 bits per heavy atom. The molecule has 11 nitrogen and oxygen atoms in total. The van der Waals surface area contributed by atoms with Crippen LogP contribution in [0.15, 0.2) is 24.8 Å². The van der Waals surface area contributed by atoms with Crippen molar-refractivity contribution in [2.45, 2.75) is 48.9 Å². The highest BCUT2D eigenvalue weighted by molar-refractivity contribution is 7.91. The van der Waals surface area contributed by atoms with E-state index < -0.39 is 62.6 Å². The van der Waals surface area contributed by atoms with Gasteiger partial charge >= 0.3 is 6.09 Å². The minimum absolute atomic E-state index is 0.269. The second kappa shape index (κ2) is 7.98. The molecular formula is C19H26N4O7S. The fraction of sp³-hybridized carbons (Fsp3) is 0.579. The number of nitrogens with zero attached hydrogens (tertiary/aromatic N) is 1. The molecule has 1 heterocycles. The van der Waals surface area contributed by atoms with Crippen LogP contribution in [0.2, 0.25) is 0 Å². The van der Waals surface area contributed by atoms with Crippen LogP contribution in [-0.4, -0.2) is 71.7 Å². The minimum Gasteiger partial charge on any atom is -0.465 e. The van der Waals surface area contributed by atoms with Crippen molar-refractivity contribution in [1.29, 1.82) is 0 Å². The third-order valence-corrected chi connectivity index (χ3v) is 8.31. The van der Waals surface area contributed by atoms with E-state index in [1.807, 2.05) is 5.32 Å². The predicted octanol–water partition coefficient (Wildman–Crippen LogP) is -0.529. The van der Waals surface area contributed by atoms with Gasteiger partial charge in [-0.1, -0.05) is 18.2 Å². The Kier molecular flexibility index (Phi) is 5.87. The fourth-order valence-electron chi connectivity index (χ4n) is 3.73. The first-order valence-corrected chi connectivity index (χ1v) is 11.4. The molecule has 0 radical (unpaired) electrons. The van der Waals surface area contributed by atoms with Crippen molar-refractivity contribution in [3.8, 4) is 0 Å². The smallest absolute Gasteiger partial charge is 0.405 e. The third kappa shape index (κ3) is 4.16. The number of carbonyl (C=O) groups is 4. The summed E-state index contributed by atoms with van der Waals surface area (Å²) in [5, 5.41) is 13.3. The molecule has 3 rings (SSSR count). The number of nitrogens with one attached hydrogen (secondary N) is 3. The molecule has 0 spiro atoms. The molecule has 0 aromatic heterocycles. The van der Waals surface area contributed by atoms with E-state index in [0.717, 1.165) is 0 Å². The van der Waals surface area contributed by atoms with E-state index in [0.29, 0.717) is 25.7 Å². The number of likely N-dealkylation sites (tertiary alicyclic amines) is 1. The second-order valence-electron chi connectivity index (χ2n) is 8.27. The van der Waals surface area contributed by atoms with Crippen molar-refractivity contribution in [2.75, 3.05) is 13.1 Å². The Hall–Kier alpha value is -2.89. The van der Waals surface area contributed by atoms with E-state index in [-0.39, 0.29) is 6.54 Å². The summed E-state index contributed by atoms with van der Waals surface area (Å²) in [5.74, 6) is -2.70. The first-order chi connectivity index (χ1) is 14.5. The predicted molar refractivity (Wildman–Crippen MR) is 109 cm³/mol. The van der Waals surface area contributed by atoms with Gasteiger partial charge in [0.15, 0.2) is 0 Å². The van der Waals surface area contributed by atoms with Crippen molar-refractivity contribution >= 4 is 33.8 Å². The van der Waals surface area contributed by atoms with Gasteiger partial charge < -0.3 is 20.6 Å². The molecule has 0 aromatic rings. The molecule has 31 heavy (non-hydrogen) atoms. The monoisotopic (exact) mass is 454 g/mol. The average molecular weight is 455 g/mol. The molecular weight excluding hydrogens is 428 g/mol. The van der Waals surface area contributed by atoms with Crippen molar-refractivity contribution < 1.29 is 32.7 Å². The molecule has 2 aliphatic carbocycles. The SMILES string of the molecule is C=CC1C=CC1(NC(=O)C1CCCN1C(=O)CNC(=O)O)C(=O)NS(=O)(=O)C1(C)CC1. The van der Waals surface area contributed by atoms with E-state index in [9.17, 15) is 27.6 Å². The number of amides is 4. The number of carboxylic acid groups (broad SMARTS) is 1. The summed E-state index contributed by atoms with van der Waals surface area (Å²) in [6.07, 6.45) is 4.85. The van der Waals surface area contributed by atoms with Gasteiger partial charge in [0.05, 0.1) is 4.75 Å². The molecule has 3 atom stereocenters. The quantitative estimate of drug-likeness (QED) is 0.358. The number of hydrogen-bond acceptors (Lipinski definition) is 6. The van der Waals surface area contributed by atoms with Crippen LogP contribution in [0, 0.1) is 5.92 Å². The highest BCUT2D eigenvalue weighted by Crippen LogP contribution is 2.43. The van der Waals surface area contributed by atoms with Crippen LogP contribution in [0.5, 0.6) is 0 Å². The molecule has 12 heteroatoms. The van der Waals surface area contributed by atoms with E-state index in [2.05, 4.69) is 16.6 Å². The largest absolute Gasteiger partial charge is 0.465 e. The summed E-state index contributed by atoms with van der Waals surface area (Å²) in [5.41, 5.74) is -1.63. The normalized spacial score (nSPS) is 28.2. The number of carbonyl (C=O) groups excluding carboxylic acids is 3. The molecule has 4 N–H and O–H groups in total. The fourth-order valence-corrected chi connectivity index (χ4v) is 5.02. The van der Waals surface area contributed by atoms with Gasteiger partial charge in [-0.25, -0.2) is 13.2 Å². The van der Waals surface area contributed by atoms with Crippen molar-refractivity contribution in [3.05, 3.63) is 24.8 Å². The van der Waals surface area contributed by atoms with E-state index in [1.54, 1.807) is 13.0 Å². The van der Waals surface area contributed by atoms with Gasteiger partial charge in [0.1, 0.15) is 18.1 Å². The molecule has 1 saturated carbocycles. The average Bonchev–Trinajstić information content (AvgIpc) is 3.25. The van der Waals surface area contributed by atoms with Crippen molar-refractivity contribution in [3.63, 3.8) is 0 Å². The van der Waals surface area contributed by atoms with Crippen LogP contribution in [0.4, 0.5) is 4.79 Å². The Bertz CT molecular complexity index is 956. The number of rotatable bonds is 8. The van der Waals surface area contributed by atoms with E-state index in [1.165, 1.54) is 17.1 Å². The van der Waals surface area contributed by atoms with Crippen LogP contribution in [0.25, 0.3) is 0 Å². The third-order valence-electron chi connectivity index (χ3n) is 6.15. The van der Waals surface area contributed by atoms with Gasteiger partial charge in [0.25, 0.3) is 5.91 Å². The van der Waals surface area contributed by atoms with Crippen molar-refractivity contribution in [1.82, 2.24) is 20.3 Å². The Morgan fingerprint density at radius 1 is 1.29 bits per heavy atom. The molecule has 1 aliphatic heterocycles. The maximum Gasteiger partial charge on any atom is 0.405 e. The second-order valence-corrected chi connectivity index (χ2v) is 10.5. The van der Waals surface area contributed by atoms with Crippen molar-refractivity contribution in [2.24, 2.45) is 5.92 Å². The highest BCUT2D eigenvalue weighted by Gasteiger charge is 2.55. The highest BCUT2D eigenvalue weighted by atomic mass is 32.2. The number of sulfonamides is 1. The zero-order chi connectivity index (χ0) is 23.0. The summed E-state index contributed by atoms with van der Waals surface area (Å²) in [6, 6.07) is -0.898. The summed E-state index contributed by atoms with van der Waals surface area (Å²) < 4.78 is 26.1. The summed E-state index contributed by atoms with van der Waals surface area (Å²) in [7, 11) is -3.92. The maximum atomic E-state index is 13.0. The van der Waals surface area contributed by atoms with Crippen LogP contribution in [-0.2, 0) is 24.4 Å². The van der Waals surface area contributed by atoms with Crippen LogP contribution in [0.3, 0.4) is 0 Å². The molecule has 0 aromatic carbocycles. The number of hydrogen-bond donors (Lipinski definition) is 4. The summed E-state index contributed by atoms with van der Waals surface area (Å²) in [4.78, 5) is 50.2. The Morgan fingerprint density at radius 3 is 2.48 bits per heavy atom. The maximum absolute atomic E-state index is 13.0. The van der Waals surface area contributed by atoms with Gasteiger partial charge in [-0.2, -0.15) is 0 Å². The minimum atomic E-state index is -3.92. The van der Waals surface area contributed by atoms with E-state index >= 15 is 0 Å². The lowest BCUT2D eigenvalue weighted by molar-refractivity contribution is -0.140. The van der Waals surface area contributed by atoms with Gasteiger partial charge in [-0.15, -0.1) is 6.58 Å². The molecule has 3 unspecified atom stereocenters. The van der Waals surface area contributed by atoms with E-state index in [4.69, 9.17) is 5.11 Å². The zero-order valence-electron chi connectivity index (χ0n) is 17.1. The van der Waals surface area contributed by atoms with Crippen LogP contribution in [0.1, 0.15) is 32.6 Å². The lowest BCUT2D eigenvalue weighted by Crippen LogP contribution is -2.67. The molecule has 1 saturated heterocycles. The zero-order valence-corrected chi connectivity index (χ0v) is 17.9. The molecule has 2 fully saturated rings. The molecule has 170 valence electrons. The standard InChI is InChI=1S/C19H26N4O7S/c1-3-12-6-7-19(12,16(26)22-31(29,30)18(2)8-9-18)21-15(25)13-5-4-10-23(13)14(24)11-20-17(27)28/h3,6-7,12-13,20H,1,4-5,8-11H2,2H3,(H,21,25)(H,22,26)(H,27,28). The molecule has 3 aliphatic rings. The van der Waals surface area contributed by atoms with Gasteiger partial charge in [-0.05, 0) is 32.6 Å². The van der Waals surface area contributed by atoms with Crippen LogP contribution >= 0.6 is 0 Å². The summed E-state index contributed by atoms with van der Waals surface area (Å²) in [6.45, 7) is 4.98. The summed E-state index contributed by atoms with van der Waals surface area (Å²) >= 11 is 0. The lowest BCUT2D eigenvalue weighted by Gasteiger charge is -2.42. The topological polar surface area (TPSA) is 162 Å². The molecule has 4 amide bonds. The first-order valence-electron chi connectivity index (χ1n) is 9.93. The first kappa shape index (κ1) is 22.8. The van der Waals surface area contributed by atoms with Crippen LogP contribution < -0.4 is 15.4 Å². The van der Waals surface area contributed by atoms with Gasteiger partial charge in [-0.3, -0.25) is 19.1 Å². The Labute approximate surface area is 180 Å². The van der Waals surface area contributed by atoms with Gasteiger partial charge in [0.2, 0.25) is 21.8 Å². The van der Waals surface area contributed by atoms with Gasteiger partial charge in [0, 0.05) is 12.5 Å². The Balaban J connectivity index is 1.75. The lowest BCUT2D eigenvalue weighted by atomic mass is 9.73.